The third kappa shape index (κ3) is 2.38. The van der Waals surface area contributed by atoms with Gasteiger partial charge in [0.05, 0.1) is 17.2 Å². The van der Waals surface area contributed by atoms with Gasteiger partial charge in [0.1, 0.15) is 5.01 Å². The first-order chi connectivity index (χ1) is 8.54. The summed E-state index contributed by atoms with van der Waals surface area (Å²) in [7, 11) is 1.67. The molecular weight excluding hydrogens is 268 g/mol. The first kappa shape index (κ1) is 13.4. The zero-order chi connectivity index (χ0) is 13.3. The van der Waals surface area contributed by atoms with Gasteiger partial charge in [-0.3, -0.25) is 9.67 Å². The average Bonchev–Trinajstić information content (AvgIpc) is 2.82. The molecule has 0 amide bonds. The molecule has 0 aromatic carbocycles. The molecule has 0 saturated carbocycles. The molecule has 18 heavy (non-hydrogen) atoms. The van der Waals surface area contributed by atoms with Crippen LogP contribution in [0.25, 0.3) is 10.7 Å². The zero-order valence-corrected chi connectivity index (χ0v) is 12.5. The lowest BCUT2D eigenvalue weighted by atomic mass is 10.3. The standard InChI is InChI=1S/C11H16N4OS2/c1-6(2)15-10(13-14-11(15)17)9-7(3)12-8(18-9)5-16-4/h6H,5H2,1-4H3,(H,14,17). The number of aromatic nitrogens is 4. The van der Waals surface area contributed by atoms with Gasteiger partial charge < -0.3 is 4.74 Å². The molecule has 2 aromatic rings. The van der Waals surface area contributed by atoms with Crippen LogP contribution >= 0.6 is 23.6 Å². The number of aryl methyl sites for hydroxylation is 1. The minimum atomic E-state index is 0.263. The quantitative estimate of drug-likeness (QED) is 0.877. The third-order valence-electron chi connectivity index (χ3n) is 2.53. The summed E-state index contributed by atoms with van der Waals surface area (Å²) in [6.45, 7) is 6.67. The second-order valence-electron chi connectivity index (χ2n) is 4.27. The molecular formula is C11H16N4OS2. The van der Waals surface area contributed by atoms with Crippen LogP contribution in [0, 0.1) is 11.7 Å². The highest BCUT2D eigenvalue weighted by molar-refractivity contribution is 7.71. The van der Waals surface area contributed by atoms with Crippen LogP contribution < -0.4 is 0 Å². The molecule has 2 heterocycles. The van der Waals surface area contributed by atoms with Crippen molar-refractivity contribution in [2.45, 2.75) is 33.4 Å². The van der Waals surface area contributed by atoms with Crippen LogP contribution in [0.5, 0.6) is 0 Å². The molecule has 1 N–H and O–H groups in total. The minimum absolute atomic E-state index is 0.263. The topological polar surface area (TPSA) is 55.7 Å². The van der Waals surface area contributed by atoms with Crippen LogP contribution in [0.2, 0.25) is 0 Å². The Hall–Kier alpha value is -1.05. The van der Waals surface area contributed by atoms with Crippen molar-refractivity contribution in [2.75, 3.05) is 7.11 Å². The smallest absolute Gasteiger partial charge is 0.195 e. The van der Waals surface area contributed by atoms with Crippen LogP contribution in [0.15, 0.2) is 0 Å². The fourth-order valence-corrected chi connectivity index (χ4v) is 3.16. The Kier molecular flexibility index (Phi) is 3.94. The van der Waals surface area contributed by atoms with E-state index in [0.29, 0.717) is 11.4 Å². The van der Waals surface area contributed by atoms with Crippen molar-refractivity contribution in [1.82, 2.24) is 19.7 Å². The van der Waals surface area contributed by atoms with Crippen LogP contribution in [0.1, 0.15) is 30.6 Å². The Bertz CT molecular complexity index is 596. The highest BCUT2D eigenvalue weighted by Crippen LogP contribution is 2.30. The number of nitrogens with one attached hydrogen (secondary N) is 1. The van der Waals surface area contributed by atoms with Crippen molar-refractivity contribution < 1.29 is 4.74 Å². The number of rotatable bonds is 4. The molecule has 0 bridgehead atoms. The third-order valence-corrected chi connectivity index (χ3v) is 3.95. The molecule has 0 atom stereocenters. The van der Waals surface area contributed by atoms with Crippen molar-refractivity contribution in [2.24, 2.45) is 0 Å². The van der Waals surface area contributed by atoms with E-state index >= 15 is 0 Å². The molecule has 0 aliphatic heterocycles. The van der Waals surface area contributed by atoms with Gasteiger partial charge in [0.25, 0.3) is 0 Å². The van der Waals surface area contributed by atoms with Gasteiger partial charge in [-0.15, -0.1) is 11.3 Å². The zero-order valence-electron chi connectivity index (χ0n) is 10.9. The molecule has 2 rings (SSSR count). The monoisotopic (exact) mass is 284 g/mol. The van der Waals surface area contributed by atoms with E-state index in [1.54, 1.807) is 18.4 Å². The van der Waals surface area contributed by atoms with Crippen molar-refractivity contribution in [1.29, 1.82) is 0 Å². The van der Waals surface area contributed by atoms with Crippen LogP contribution in [-0.2, 0) is 11.3 Å². The Balaban J connectivity index is 2.52. The summed E-state index contributed by atoms with van der Waals surface area (Å²) in [4.78, 5) is 5.52. The predicted molar refractivity (Wildman–Crippen MR) is 74.4 cm³/mol. The molecule has 0 fully saturated rings. The molecule has 0 aliphatic carbocycles. The second kappa shape index (κ2) is 5.29. The van der Waals surface area contributed by atoms with Gasteiger partial charge in [-0.1, -0.05) is 0 Å². The van der Waals surface area contributed by atoms with E-state index in [-0.39, 0.29) is 6.04 Å². The van der Waals surface area contributed by atoms with Gasteiger partial charge in [-0.25, -0.2) is 4.98 Å². The van der Waals surface area contributed by atoms with Crippen molar-refractivity contribution >= 4 is 23.6 Å². The largest absolute Gasteiger partial charge is 0.378 e. The fraction of sp³-hybridized carbons (Fsp3) is 0.545. The lowest BCUT2D eigenvalue weighted by Gasteiger charge is -2.08. The number of thiazole rings is 1. The fourth-order valence-electron chi connectivity index (χ4n) is 1.79. The highest BCUT2D eigenvalue weighted by Gasteiger charge is 2.17. The van der Waals surface area contributed by atoms with E-state index in [1.807, 2.05) is 11.5 Å². The van der Waals surface area contributed by atoms with Crippen LogP contribution in [-0.4, -0.2) is 26.9 Å². The van der Waals surface area contributed by atoms with Crippen LogP contribution in [0.3, 0.4) is 0 Å². The number of hydrogen-bond acceptors (Lipinski definition) is 5. The summed E-state index contributed by atoms with van der Waals surface area (Å²) >= 11 is 6.85. The normalized spacial score (nSPS) is 11.4. The van der Waals surface area contributed by atoms with E-state index < -0.39 is 0 Å². The number of H-pyrrole nitrogens is 1. The number of aromatic amines is 1. The minimum Gasteiger partial charge on any atom is -0.378 e. The second-order valence-corrected chi connectivity index (χ2v) is 5.74. The van der Waals surface area contributed by atoms with Crippen molar-refractivity contribution in [3.63, 3.8) is 0 Å². The van der Waals surface area contributed by atoms with E-state index in [4.69, 9.17) is 17.0 Å². The number of hydrogen-bond donors (Lipinski definition) is 1. The van der Waals surface area contributed by atoms with Gasteiger partial charge in [-0.2, -0.15) is 5.10 Å². The molecule has 2 aromatic heterocycles. The maximum absolute atomic E-state index is 5.25. The summed E-state index contributed by atoms with van der Waals surface area (Å²) in [6, 6.07) is 0.263. The van der Waals surface area contributed by atoms with Crippen molar-refractivity contribution in [3.8, 4) is 10.7 Å². The molecule has 5 nitrogen and oxygen atoms in total. The Labute approximate surface area is 115 Å². The molecule has 0 unspecified atom stereocenters. The van der Waals surface area contributed by atoms with Crippen LogP contribution in [0.4, 0.5) is 0 Å². The Morgan fingerprint density at radius 3 is 2.83 bits per heavy atom. The summed E-state index contributed by atoms with van der Waals surface area (Å²) in [5.74, 6) is 0.854. The van der Waals surface area contributed by atoms with Gasteiger partial charge in [-0.05, 0) is 33.0 Å². The molecule has 0 saturated heterocycles. The molecule has 98 valence electrons. The van der Waals surface area contributed by atoms with E-state index in [2.05, 4.69) is 29.0 Å². The number of methoxy groups -OCH3 is 1. The SMILES string of the molecule is COCc1nc(C)c(-c2n[nH]c(=S)n2C(C)C)s1. The Morgan fingerprint density at radius 2 is 2.22 bits per heavy atom. The Morgan fingerprint density at radius 1 is 1.50 bits per heavy atom. The first-order valence-electron chi connectivity index (χ1n) is 5.67. The molecule has 7 heteroatoms. The molecule has 0 spiro atoms. The lowest BCUT2D eigenvalue weighted by Crippen LogP contribution is -2.03. The predicted octanol–water partition coefficient (Wildman–Crippen LogP) is 3.10. The van der Waals surface area contributed by atoms with Crippen molar-refractivity contribution in [3.05, 3.63) is 15.5 Å². The number of ether oxygens (including phenoxy) is 1. The van der Waals surface area contributed by atoms with E-state index in [0.717, 1.165) is 21.4 Å². The average molecular weight is 284 g/mol. The highest BCUT2D eigenvalue weighted by atomic mass is 32.1. The van der Waals surface area contributed by atoms with Gasteiger partial charge in [0.15, 0.2) is 10.6 Å². The lowest BCUT2D eigenvalue weighted by molar-refractivity contribution is 0.184. The maximum Gasteiger partial charge on any atom is 0.195 e. The van der Waals surface area contributed by atoms with Gasteiger partial charge in [0.2, 0.25) is 0 Å². The van der Waals surface area contributed by atoms with Gasteiger partial charge >= 0.3 is 0 Å². The molecule has 0 radical (unpaired) electrons. The van der Waals surface area contributed by atoms with E-state index in [9.17, 15) is 0 Å². The van der Waals surface area contributed by atoms with Gasteiger partial charge in [0, 0.05) is 13.2 Å². The summed E-state index contributed by atoms with van der Waals surface area (Å²) < 4.78 is 7.75. The summed E-state index contributed by atoms with van der Waals surface area (Å²) in [6.07, 6.45) is 0. The van der Waals surface area contributed by atoms with E-state index in [1.165, 1.54) is 0 Å². The maximum atomic E-state index is 5.25. The molecule has 0 aliphatic rings. The summed E-state index contributed by atoms with van der Waals surface area (Å²) in [5.41, 5.74) is 0.961. The first-order valence-corrected chi connectivity index (χ1v) is 6.89. The summed E-state index contributed by atoms with van der Waals surface area (Å²) in [5, 5.41) is 8.12. The number of nitrogens with zero attached hydrogens (tertiary/aromatic N) is 3.